The minimum atomic E-state index is 0.268. The van der Waals surface area contributed by atoms with E-state index in [1.807, 2.05) is 6.07 Å². The minimum Gasteiger partial charge on any atom is -0.508 e. The van der Waals surface area contributed by atoms with Gasteiger partial charge in [0.15, 0.2) is 0 Å². The van der Waals surface area contributed by atoms with Crippen molar-refractivity contribution in [2.75, 3.05) is 6.54 Å². The summed E-state index contributed by atoms with van der Waals surface area (Å²) < 4.78 is 0. The molecule has 2 nitrogen and oxygen atoms in total. The van der Waals surface area contributed by atoms with E-state index in [0.717, 1.165) is 13.0 Å². The van der Waals surface area contributed by atoms with Gasteiger partial charge in [0, 0.05) is 17.5 Å². The summed E-state index contributed by atoms with van der Waals surface area (Å²) in [6, 6.07) is 27.0. The van der Waals surface area contributed by atoms with Crippen LogP contribution in [0.2, 0.25) is 0 Å². The van der Waals surface area contributed by atoms with Crippen molar-refractivity contribution in [2.45, 2.75) is 62.9 Å². The fourth-order valence-corrected chi connectivity index (χ4v) is 7.42. The number of aromatic hydroxyl groups is 1. The van der Waals surface area contributed by atoms with Gasteiger partial charge in [0.1, 0.15) is 5.75 Å². The topological polar surface area (TPSA) is 23.5 Å². The standard InChI is InChI=1S/C30H33NO/c1-21(25-11-5-6-12-26(25)22-9-3-2-4-10-22)31-18-17-30-16-8-7-13-27(30)29(31)19-23-14-15-24(32)20-28(23)30/h2-6,9-12,14-15,20-21,27,29,32H,7-8,13,16-19H2,1H3/t21?,27-,29+,30+/m0/s1. The Hall–Kier alpha value is -2.58. The molecule has 2 aliphatic carbocycles. The van der Waals surface area contributed by atoms with Crippen molar-refractivity contribution >= 4 is 0 Å². The number of piperidine rings is 1. The number of hydrogen-bond donors (Lipinski definition) is 1. The highest BCUT2D eigenvalue weighted by molar-refractivity contribution is 5.68. The average Bonchev–Trinajstić information content (AvgIpc) is 2.85. The summed E-state index contributed by atoms with van der Waals surface area (Å²) >= 11 is 0. The van der Waals surface area contributed by atoms with Gasteiger partial charge in [-0.1, -0.05) is 73.5 Å². The van der Waals surface area contributed by atoms with E-state index in [-0.39, 0.29) is 5.41 Å². The number of likely N-dealkylation sites (tertiary alicyclic amines) is 1. The lowest BCUT2D eigenvalue weighted by atomic mass is 9.52. The van der Waals surface area contributed by atoms with Gasteiger partial charge >= 0.3 is 0 Å². The fraction of sp³-hybridized carbons (Fsp3) is 0.400. The van der Waals surface area contributed by atoms with E-state index in [9.17, 15) is 5.11 Å². The Bertz CT molecular complexity index is 1120. The molecular weight excluding hydrogens is 390 g/mol. The van der Waals surface area contributed by atoms with Crippen molar-refractivity contribution in [3.8, 4) is 16.9 Å². The van der Waals surface area contributed by atoms with Crippen LogP contribution in [0, 0.1) is 5.92 Å². The maximum absolute atomic E-state index is 10.3. The predicted octanol–water partition coefficient (Wildman–Crippen LogP) is 6.88. The minimum absolute atomic E-state index is 0.268. The molecule has 0 radical (unpaired) electrons. The molecule has 2 bridgehead atoms. The zero-order valence-corrected chi connectivity index (χ0v) is 19.0. The van der Waals surface area contributed by atoms with E-state index < -0.39 is 0 Å². The highest BCUT2D eigenvalue weighted by Gasteiger charge is 2.54. The number of fused-ring (bicyclic) bond motifs is 1. The molecule has 2 fully saturated rings. The second-order valence-electron chi connectivity index (χ2n) is 10.2. The van der Waals surface area contributed by atoms with Crippen molar-refractivity contribution in [1.82, 2.24) is 4.90 Å². The van der Waals surface area contributed by atoms with Crippen LogP contribution in [-0.2, 0) is 11.8 Å². The van der Waals surface area contributed by atoms with E-state index in [1.165, 1.54) is 59.9 Å². The number of benzene rings is 3. The van der Waals surface area contributed by atoms with Crippen LogP contribution in [0.4, 0.5) is 0 Å². The lowest BCUT2D eigenvalue weighted by Gasteiger charge is -2.60. The second-order valence-corrected chi connectivity index (χ2v) is 10.2. The average molecular weight is 424 g/mol. The summed E-state index contributed by atoms with van der Waals surface area (Å²) in [5.74, 6) is 1.14. The van der Waals surface area contributed by atoms with Crippen LogP contribution >= 0.6 is 0 Å². The highest BCUT2D eigenvalue weighted by atomic mass is 16.3. The van der Waals surface area contributed by atoms with Gasteiger partial charge in [0.05, 0.1) is 0 Å². The molecule has 1 unspecified atom stereocenters. The molecule has 2 heteroatoms. The maximum atomic E-state index is 10.3. The van der Waals surface area contributed by atoms with E-state index in [0.29, 0.717) is 23.8 Å². The Morgan fingerprint density at radius 2 is 1.75 bits per heavy atom. The first kappa shape index (κ1) is 20.1. The number of hydrogen-bond acceptors (Lipinski definition) is 2. The molecule has 1 saturated carbocycles. The normalized spacial score (nSPS) is 27.9. The van der Waals surface area contributed by atoms with Crippen LogP contribution < -0.4 is 0 Å². The zero-order chi connectivity index (χ0) is 21.7. The van der Waals surface area contributed by atoms with Crippen molar-refractivity contribution in [3.05, 3.63) is 89.5 Å². The first-order chi connectivity index (χ1) is 15.7. The van der Waals surface area contributed by atoms with E-state index in [4.69, 9.17) is 0 Å². The van der Waals surface area contributed by atoms with Gasteiger partial charge in [-0.2, -0.15) is 0 Å². The number of nitrogens with zero attached hydrogens (tertiary/aromatic N) is 1. The summed E-state index contributed by atoms with van der Waals surface area (Å²) in [6.07, 6.45) is 7.60. The maximum Gasteiger partial charge on any atom is 0.115 e. The van der Waals surface area contributed by atoms with E-state index >= 15 is 0 Å². The highest BCUT2D eigenvalue weighted by Crippen LogP contribution is 2.57. The lowest BCUT2D eigenvalue weighted by Crippen LogP contribution is -2.61. The quantitative estimate of drug-likeness (QED) is 0.496. The van der Waals surface area contributed by atoms with Gasteiger partial charge in [0.2, 0.25) is 0 Å². The first-order valence-corrected chi connectivity index (χ1v) is 12.4. The summed E-state index contributed by atoms with van der Waals surface area (Å²) in [5.41, 5.74) is 7.32. The second kappa shape index (κ2) is 7.78. The molecule has 0 amide bonds. The van der Waals surface area contributed by atoms with Gasteiger partial charge in [-0.25, -0.2) is 0 Å². The Labute approximate surface area is 191 Å². The third-order valence-electron chi connectivity index (χ3n) is 8.86. The summed E-state index contributed by atoms with van der Waals surface area (Å²) in [7, 11) is 0. The molecule has 1 N–H and O–H groups in total. The van der Waals surface area contributed by atoms with Gasteiger partial charge in [0.25, 0.3) is 0 Å². The largest absolute Gasteiger partial charge is 0.508 e. The molecule has 1 heterocycles. The monoisotopic (exact) mass is 423 g/mol. The smallest absolute Gasteiger partial charge is 0.115 e. The van der Waals surface area contributed by atoms with Crippen molar-refractivity contribution < 1.29 is 5.11 Å². The molecule has 4 atom stereocenters. The Morgan fingerprint density at radius 3 is 2.62 bits per heavy atom. The molecule has 32 heavy (non-hydrogen) atoms. The van der Waals surface area contributed by atoms with Crippen LogP contribution in [0.15, 0.2) is 72.8 Å². The third-order valence-corrected chi connectivity index (χ3v) is 8.86. The molecule has 0 spiro atoms. The lowest BCUT2D eigenvalue weighted by molar-refractivity contribution is -0.0307. The number of phenolic OH excluding ortho intramolecular Hbond substituents is 1. The summed E-state index contributed by atoms with van der Waals surface area (Å²) in [6.45, 7) is 3.56. The molecule has 1 saturated heterocycles. The first-order valence-electron chi connectivity index (χ1n) is 12.4. The van der Waals surface area contributed by atoms with Crippen molar-refractivity contribution in [1.29, 1.82) is 0 Å². The van der Waals surface area contributed by atoms with Crippen molar-refractivity contribution in [2.24, 2.45) is 5.92 Å². The summed E-state index contributed by atoms with van der Waals surface area (Å²) in [5, 5.41) is 10.3. The predicted molar refractivity (Wildman–Crippen MR) is 131 cm³/mol. The van der Waals surface area contributed by atoms with E-state index in [1.54, 1.807) is 0 Å². The number of phenols is 1. The number of rotatable bonds is 3. The molecule has 0 aromatic heterocycles. The van der Waals surface area contributed by atoms with E-state index in [2.05, 4.69) is 78.6 Å². The van der Waals surface area contributed by atoms with Gasteiger partial charge in [-0.15, -0.1) is 0 Å². The van der Waals surface area contributed by atoms with Gasteiger partial charge < -0.3 is 5.11 Å². The SMILES string of the molecule is CC(c1ccccc1-c1ccccc1)N1CC[C@]23CCCC[C@H]2[C@H]1Cc1ccc(O)cc13. The Balaban J connectivity index is 1.41. The van der Waals surface area contributed by atoms with Crippen LogP contribution in [0.25, 0.3) is 11.1 Å². The van der Waals surface area contributed by atoms with Gasteiger partial charge in [-0.3, -0.25) is 4.90 Å². The molecule has 3 aromatic carbocycles. The van der Waals surface area contributed by atoms with Crippen LogP contribution in [0.1, 0.15) is 61.8 Å². The Kier molecular flexibility index (Phi) is 4.87. The van der Waals surface area contributed by atoms with Crippen LogP contribution in [0.5, 0.6) is 5.75 Å². The molecule has 164 valence electrons. The van der Waals surface area contributed by atoms with Crippen LogP contribution in [-0.4, -0.2) is 22.6 Å². The third kappa shape index (κ3) is 3.03. The fourth-order valence-electron chi connectivity index (χ4n) is 7.42. The zero-order valence-electron chi connectivity index (χ0n) is 19.0. The van der Waals surface area contributed by atoms with Gasteiger partial charge in [-0.05, 0) is 85.0 Å². The van der Waals surface area contributed by atoms with Crippen molar-refractivity contribution in [3.63, 3.8) is 0 Å². The molecule has 3 aliphatic rings. The molecule has 3 aromatic rings. The molecule has 6 rings (SSSR count). The molecular formula is C30H33NO. The summed E-state index contributed by atoms with van der Waals surface area (Å²) in [4.78, 5) is 2.83. The molecule has 1 aliphatic heterocycles. The van der Waals surface area contributed by atoms with Crippen LogP contribution in [0.3, 0.4) is 0 Å². The Morgan fingerprint density at radius 1 is 0.938 bits per heavy atom.